The minimum Gasteiger partial charge on any atom is -0.367 e. The van der Waals surface area contributed by atoms with Crippen LogP contribution >= 0.6 is 11.6 Å². The highest BCUT2D eigenvalue weighted by Crippen LogP contribution is 2.26. The van der Waals surface area contributed by atoms with E-state index in [0.717, 1.165) is 5.69 Å². The number of aromatic nitrogens is 3. The average Bonchev–Trinajstić information content (AvgIpc) is 3.24. The normalized spacial score (nSPS) is 13.9. The molecule has 1 aromatic carbocycles. The SMILES string of the molecule is CC(=O)Nc1ccc(-n2cnc(C(=O)N3CCN(c4ccccc4Cl)CC3)c2)nc1. The summed E-state index contributed by atoms with van der Waals surface area (Å²) in [5, 5.41) is 3.39. The first-order chi connectivity index (χ1) is 14.5. The predicted octanol–water partition coefficient (Wildman–Crippen LogP) is 2.84. The number of amides is 2. The molecule has 0 saturated carbocycles. The number of nitrogens with zero attached hydrogens (tertiary/aromatic N) is 5. The fourth-order valence-corrected chi connectivity index (χ4v) is 3.65. The lowest BCUT2D eigenvalue weighted by Gasteiger charge is -2.36. The molecule has 0 bridgehead atoms. The first kappa shape index (κ1) is 19.9. The van der Waals surface area contributed by atoms with Crippen LogP contribution in [0.1, 0.15) is 17.4 Å². The van der Waals surface area contributed by atoms with Crippen LogP contribution in [0.25, 0.3) is 5.82 Å². The Balaban J connectivity index is 1.40. The van der Waals surface area contributed by atoms with E-state index in [1.807, 2.05) is 24.3 Å². The second-order valence-electron chi connectivity index (χ2n) is 6.98. The van der Waals surface area contributed by atoms with Gasteiger partial charge < -0.3 is 15.1 Å². The lowest BCUT2D eigenvalue weighted by atomic mass is 10.2. The van der Waals surface area contributed by atoms with Crippen molar-refractivity contribution in [2.24, 2.45) is 0 Å². The molecule has 8 nitrogen and oxygen atoms in total. The van der Waals surface area contributed by atoms with Crippen LogP contribution in [0.4, 0.5) is 11.4 Å². The van der Waals surface area contributed by atoms with Crippen molar-refractivity contribution in [3.05, 3.63) is 65.8 Å². The number of hydrogen-bond acceptors (Lipinski definition) is 5. The molecule has 154 valence electrons. The van der Waals surface area contributed by atoms with Gasteiger partial charge in [0, 0.05) is 39.3 Å². The Labute approximate surface area is 179 Å². The molecule has 1 fully saturated rings. The van der Waals surface area contributed by atoms with Gasteiger partial charge in [-0.1, -0.05) is 23.7 Å². The predicted molar refractivity (Wildman–Crippen MR) is 115 cm³/mol. The Kier molecular flexibility index (Phi) is 5.67. The quantitative estimate of drug-likeness (QED) is 0.696. The zero-order valence-corrected chi connectivity index (χ0v) is 17.2. The number of pyridine rings is 1. The van der Waals surface area contributed by atoms with E-state index in [2.05, 4.69) is 20.2 Å². The fourth-order valence-electron chi connectivity index (χ4n) is 3.40. The molecule has 4 rings (SSSR count). The molecular weight excluding hydrogens is 404 g/mol. The van der Waals surface area contributed by atoms with Crippen LogP contribution in [0.15, 0.2) is 55.1 Å². The summed E-state index contributed by atoms with van der Waals surface area (Å²) in [6.45, 7) is 4.06. The van der Waals surface area contributed by atoms with E-state index in [-0.39, 0.29) is 11.8 Å². The van der Waals surface area contributed by atoms with Crippen molar-refractivity contribution in [1.82, 2.24) is 19.4 Å². The van der Waals surface area contributed by atoms with Crippen LogP contribution in [-0.4, -0.2) is 57.4 Å². The zero-order valence-electron chi connectivity index (χ0n) is 16.5. The zero-order chi connectivity index (χ0) is 21.1. The van der Waals surface area contributed by atoms with E-state index in [1.165, 1.54) is 6.92 Å². The topological polar surface area (TPSA) is 83.4 Å². The van der Waals surface area contributed by atoms with E-state index < -0.39 is 0 Å². The third kappa shape index (κ3) is 4.28. The van der Waals surface area contributed by atoms with Gasteiger partial charge in [-0.05, 0) is 24.3 Å². The van der Waals surface area contributed by atoms with Crippen molar-refractivity contribution in [3.63, 3.8) is 0 Å². The molecule has 0 spiro atoms. The van der Waals surface area contributed by atoms with Gasteiger partial charge in [0.2, 0.25) is 5.91 Å². The summed E-state index contributed by atoms with van der Waals surface area (Å²) >= 11 is 6.29. The minimum absolute atomic E-state index is 0.109. The van der Waals surface area contributed by atoms with Gasteiger partial charge in [-0.15, -0.1) is 0 Å². The molecule has 3 aromatic rings. The lowest BCUT2D eigenvalue weighted by Crippen LogP contribution is -2.49. The summed E-state index contributed by atoms with van der Waals surface area (Å²) in [6.07, 6.45) is 4.79. The van der Waals surface area contributed by atoms with Crippen LogP contribution in [-0.2, 0) is 4.79 Å². The van der Waals surface area contributed by atoms with Crippen molar-refractivity contribution in [3.8, 4) is 5.82 Å². The molecule has 0 aliphatic carbocycles. The van der Waals surface area contributed by atoms with Gasteiger partial charge in [-0.25, -0.2) is 9.97 Å². The first-order valence-corrected chi connectivity index (χ1v) is 9.96. The van der Waals surface area contributed by atoms with Crippen molar-refractivity contribution in [2.75, 3.05) is 36.4 Å². The van der Waals surface area contributed by atoms with Crippen molar-refractivity contribution < 1.29 is 9.59 Å². The highest BCUT2D eigenvalue weighted by molar-refractivity contribution is 6.33. The molecule has 1 N–H and O–H groups in total. The number of piperazine rings is 1. The molecule has 0 unspecified atom stereocenters. The second kappa shape index (κ2) is 8.54. The van der Waals surface area contributed by atoms with Crippen LogP contribution in [0, 0.1) is 0 Å². The van der Waals surface area contributed by atoms with E-state index in [1.54, 1.807) is 40.3 Å². The number of imidazole rings is 1. The molecule has 1 saturated heterocycles. The Hall–Kier alpha value is -3.39. The Morgan fingerprint density at radius 1 is 1.03 bits per heavy atom. The van der Waals surface area contributed by atoms with Crippen molar-refractivity contribution in [2.45, 2.75) is 6.92 Å². The fraction of sp³-hybridized carbons (Fsp3) is 0.238. The molecule has 1 aliphatic heterocycles. The molecule has 2 amide bonds. The van der Waals surface area contributed by atoms with Crippen LogP contribution in [0.2, 0.25) is 5.02 Å². The molecule has 9 heteroatoms. The van der Waals surface area contributed by atoms with Crippen LogP contribution in [0.3, 0.4) is 0 Å². The van der Waals surface area contributed by atoms with Gasteiger partial charge in [0.15, 0.2) is 0 Å². The summed E-state index contributed by atoms with van der Waals surface area (Å²) in [5.74, 6) is 0.344. The van der Waals surface area contributed by atoms with Gasteiger partial charge in [-0.3, -0.25) is 14.2 Å². The summed E-state index contributed by atoms with van der Waals surface area (Å²) < 4.78 is 1.69. The Morgan fingerprint density at radius 3 is 2.47 bits per heavy atom. The van der Waals surface area contributed by atoms with Crippen molar-refractivity contribution in [1.29, 1.82) is 0 Å². The third-order valence-electron chi connectivity index (χ3n) is 4.89. The van der Waals surface area contributed by atoms with Gasteiger partial charge in [0.1, 0.15) is 17.8 Å². The maximum absolute atomic E-state index is 12.9. The highest BCUT2D eigenvalue weighted by Gasteiger charge is 2.24. The van der Waals surface area contributed by atoms with Gasteiger partial charge in [0.05, 0.1) is 22.6 Å². The minimum atomic E-state index is -0.158. The van der Waals surface area contributed by atoms with Gasteiger partial charge in [0.25, 0.3) is 5.91 Å². The molecule has 0 atom stereocenters. The standard InChI is InChI=1S/C21H21ClN6O2/c1-15(29)25-16-6-7-20(23-12-16)28-13-18(24-14-28)21(30)27-10-8-26(9-11-27)19-5-3-2-4-17(19)22/h2-7,12-14H,8-11H2,1H3,(H,25,29). The lowest BCUT2D eigenvalue weighted by molar-refractivity contribution is -0.114. The summed E-state index contributed by atoms with van der Waals surface area (Å²) in [5.41, 5.74) is 1.97. The van der Waals surface area contributed by atoms with E-state index in [9.17, 15) is 9.59 Å². The Bertz CT molecular complexity index is 1060. The third-order valence-corrected chi connectivity index (χ3v) is 5.21. The number of halogens is 1. The number of anilines is 2. The number of nitrogens with one attached hydrogen (secondary N) is 1. The van der Waals surface area contributed by atoms with E-state index >= 15 is 0 Å². The molecule has 1 aliphatic rings. The monoisotopic (exact) mass is 424 g/mol. The Morgan fingerprint density at radius 2 is 1.80 bits per heavy atom. The number of hydrogen-bond donors (Lipinski definition) is 1. The summed E-state index contributed by atoms with van der Waals surface area (Å²) in [6, 6.07) is 11.2. The highest BCUT2D eigenvalue weighted by atomic mass is 35.5. The second-order valence-corrected chi connectivity index (χ2v) is 7.39. The maximum Gasteiger partial charge on any atom is 0.274 e. The van der Waals surface area contributed by atoms with Crippen LogP contribution in [0.5, 0.6) is 0 Å². The molecule has 2 aromatic heterocycles. The van der Waals surface area contributed by atoms with Gasteiger partial charge in [-0.2, -0.15) is 0 Å². The molecule has 0 radical (unpaired) electrons. The van der Waals surface area contributed by atoms with Crippen LogP contribution < -0.4 is 10.2 Å². The smallest absolute Gasteiger partial charge is 0.274 e. The summed E-state index contributed by atoms with van der Waals surface area (Å²) in [4.78, 5) is 36.5. The summed E-state index contributed by atoms with van der Waals surface area (Å²) in [7, 11) is 0. The number of rotatable bonds is 4. The average molecular weight is 425 g/mol. The van der Waals surface area contributed by atoms with Crippen molar-refractivity contribution >= 4 is 34.8 Å². The largest absolute Gasteiger partial charge is 0.367 e. The van der Waals surface area contributed by atoms with Gasteiger partial charge >= 0.3 is 0 Å². The van der Waals surface area contributed by atoms with E-state index in [0.29, 0.717) is 48.4 Å². The number of para-hydroxylation sites is 1. The number of carbonyl (C=O) groups is 2. The molecule has 3 heterocycles. The molecule has 30 heavy (non-hydrogen) atoms. The molecular formula is C21H21ClN6O2. The maximum atomic E-state index is 12.9. The number of benzene rings is 1. The first-order valence-electron chi connectivity index (χ1n) is 9.58. The number of carbonyl (C=O) groups excluding carboxylic acids is 2. The van der Waals surface area contributed by atoms with E-state index in [4.69, 9.17) is 11.6 Å².